The molecular formula is C10H13F2NS. The molecule has 1 aromatic rings. The van der Waals surface area contributed by atoms with Crippen LogP contribution in [-0.4, -0.2) is 12.7 Å². The van der Waals surface area contributed by atoms with Gasteiger partial charge in [-0.3, -0.25) is 0 Å². The van der Waals surface area contributed by atoms with Crippen LogP contribution in [0.3, 0.4) is 0 Å². The fourth-order valence-electron chi connectivity index (χ4n) is 1.18. The molecule has 0 aliphatic carbocycles. The van der Waals surface area contributed by atoms with Crippen molar-refractivity contribution in [1.82, 2.24) is 0 Å². The number of thioether (sulfide) groups is 1. The molecule has 0 bridgehead atoms. The zero-order valence-electron chi connectivity index (χ0n) is 7.91. The normalized spacial score (nSPS) is 13.2. The van der Waals surface area contributed by atoms with E-state index in [0.29, 0.717) is 0 Å². The zero-order chi connectivity index (χ0) is 10.6. The van der Waals surface area contributed by atoms with E-state index in [-0.39, 0.29) is 6.42 Å². The van der Waals surface area contributed by atoms with Gasteiger partial charge in [0.1, 0.15) is 0 Å². The maximum absolute atomic E-state index is 12.0. The Labute approximate surface area is 86.7 Å². The monoisotopic (exact) mass is 217 g/mol. The lowest BCUT2D eigenvalue weighted by atomic mass is 10.1. The summed E-state index contributed by atoms with van der Waals surface area (Å²) in [7, 11) is 0. The Morgan fingerprint density at radius 3 is 2.29 bits per heavy atom. The molecule has 0 unspecified atom stereocenters. The fourth-order valence-corrected chi connectivity index (χ4v) is 1.59. The third-order valence-electron chi connectivity index (χ3n) is 1.98. The van der Waals surface area contributed by atoms with Gasteiger partial charge in [-0.1, -0.05) is 12.1 Å². The first-order valence-corrected chi connectivity index (χ1v) is 5.53. The maximum Gasteiger partial charge on any atom is 0.240 e. The minimum atomic E-state index is -2.34. The molecule has 1 nitrogen and oxygen atoms in total. The van der Waals surface area contributed by atoms with Crippen LogP contribution in [0.5, 0.6) is 0 Å². The molecule has 1 atom stereocenters. The highest BCUT2D eigenvalue weighted by atomic mass is 32.2. The van der Waals surface area contributed by atoms with Crippen LogP contribution in [-0.2, 0) is 0 Å². The average molecular weight is 217 g/mol. The SMILES string of the molecule is CSc1ccc([C@@H](N)CC(F)F)cc1. The molecule has 0 aliphatic rings. The van der Waals surface area contributed by atoms with Gasteiger partial charge in [0.25, 0.3) is 0 Å². The summed E-state index contributed by atoms with van der Waals surface area (Å²) in [6.07, 6.45) is -0.655. The van der Waals surface area contributed by atoms with E-state index in [2.05, 4.69) is 0 Å². The summed E-state index contributed by atoms with van der Waals surface area (Å²) in [5, 5.41) is 0. The first kappa shape index (κ1) is 11.5. The summed E-state index contributed by atoms with van der Waals surface area (Å²) in [6.45, 7) is 0. The van der Waals surface area contributed by atoms with Crippen LogP contribution in [0.4, 0.5) is 8.78 Å². The van der Waals surface area contributed by atoms with Crippen molar-refractivity contribution in [1.29, 1.82) is 0 Å². The van der Waals surface area contributed by atoms with Crippen LogP contribution in [0.15, 0.2) is 29.2 Å². The molecule has 14 heavy (non-hydrogen) atoms. The van der Waals surface area contributed by atoms with Crippen LogP contribution >= 0.6 is 11.8 Å². The predicted molar refractivity (Wildman–Crippen MR) is 55.8 cm³/mol. The van der Waals surface area contributed by atoms with E-state index in [1.54, 1.807) is 23.9 Å². The fraction of sp³-hybridized carbons (Fsp3) is 0.400. The van der Waals surface area contributed by atoms with Crippen molar-refractivity contribution in [2.45, 2.75) is 23.8 Å². The van der Waals surface area contributed by atoms with E-state index >= 15 is 0 Å². The van der Waals surface area contributed by atoms with E-state index in [1.165, 1.54) is 0 Å². The zero-order valence-corrected chi connectivity index (χ0v) is 8.73. The van der Waals surface area contributed by atoms with E-state index in [0.717, 1.165) is 10.5 Å². The molecule has 0 aromatic heterocycles. The van der Waals surface area contributed by atoms with Crippen LogP contribution in [0, 0.1) is 0 Å². The number of hydrogen-bond donors (Lipinski definition) is 1. The van der Waals surface area contributed by atoms with E-state index < -0.39 is 12.5 Å². The van der Waals surface area contributed by atoms with Gasteiger partial charge in [0.15, 0.2) is 0 Å². The summed E-state index contributed by atoms with van der Waals surface area (Å²) >= 11 is 1.61. The molecule has 0 saturated carbocycles. The van der Waals surface area contributed by atoms with Crippen LogP contribution in [0.2, 0.25) is 0 Å². The highest BCUT2D eigenvalue weighted by Gasteiger charge is 2.12. The topological polar surface area (TPSA) is 26.0 Å². The quantitative estimate of drug-likeness (QED) is 0.784. The van der Waals surface area contributed by atoms with Crippen molar-refractivity contribution in [3.8, 4) is 0 Å². The Bertz CT molecular complexity index is 274. The molecule has 0 saturated heterocycles. The van der Waals surface area contributed by atoms with E-state index in [4.69, 9.17) is 5.73 Å². The molecule has 0 aliphatic heterocycles. The minimum absolute atomic E-state index is 0.279. The highest BCUT2D eigenvalue weighted by molar-refractivity contribution is 7.98. The van der Waals surface area contributed by atoms with Crippen molar-refractivity contribution in [2.75, 3.05) is 6.26 Å². The van der Waals surface area contributed by atoms with Gasteiger partial charge < -0.3 is 5.73 Å². The molecular weight excluding hydrogens is 204 g/mol. The van der Waals surface area contributed by atoms with Gasteiger partial charge >= 0.3 is 0 Å². The molecule has 78 valence electrons. The molecule has 4 heteroatoms. The summed E-state index contributed by atoms with van der Waals surface area (Å²) < 4.78 is 24.1. The third kappa shape index (κ3) is 3.27. The van der Waals surface area contributed by atoms with Gasteiger partial charge in [0, 0.05) is 17.4 Å². The van der Waals surface area contributed by atoms with Crippen molar-refractivity contribution < 1.29 is 8.78 Å². The van der Waals surface area contributed by atoms with Crippen LogP contribution in [0.25, 0.3) is 0 Å². The lowest BCUT2D eigenvalue weighted by molar-refractivity contribution is 0.128. The number of nitrogens with two attached hydrogens (primary N) is 1. The molecule has 0 amide bonds. The average Bonchev–Trinajstić information content (AvgIpc) is 2.17. The van der Waals surface area contributed by atoms with E-state index in [9.17, 15) is 8.78 Å². The number of halogens is 2. The second kappa shape index (κ2) is 5.32. The lowest BCUT2D eigenvalue weighted by Gasteiger charge is -2.11. The van der Waals surface area contributed by atoms with Gasteiger partial charge in [0.2, 0.25) is 6.43 Å². The van der Waals surface area contributed by atoms with Crippen molar-refractivity contribution in [2.24, 2.45) is 5.73 Å². The van der Waals surface area contributed by atoms with Gasteiger partial charge in [-0.2, -0.15) is 0 Å². The molecule has 0 heterocycles. The Hall–Kier alpha value is -0.610. The standard InChI is InChI=1S/C10H13F2NS/c1-14-8-4-2-7(3-5-8)9(13)6-10(11)12/h2-5,9-10H,6,13H2,1H3/t9-/m0/s1. The number of hydrogen-bond acceptors (Lipinski definition) is 2. The molecule has 1 rings (SSSR count). The first-order chi connectivity index (χ1) is 6.63. The lowest BCUT2D eigenvalue weighted by Crippen LogP contribution is -2.13. The maximum atomic E-state index is 12.0. The molecule has 2 N–H and O–H groups in total. The number of alkyl halides is 2. The number of rotatable bonds is 4. The first-order valence-electron chi connectivity index (χ1n) is 4.31. The van der Waals surface area contributed by atoms with Crippen molar-refractivity contribution in [3.05, 3.63) is 29.8 Å². The highest BCUT2D eigenvalue weighted by Crippen LogP contribution is 2.21. The Morgan fingerprint density at radius 2 is 1.86 bits per heavy atom. The number of benzene rings is 1. The van der Waals surface area contributed by atoms with Gasteiger partial charge in [-0.05, 0) is 24.0 Å². The molecule has 0 fully saturated rings. The molecule has 1 aromatic carbocycles. The summed E-state index contributed by atoms with van der Waals surface area (Å²) in [4.78, 5) is 1.11. The van der Waals surface area contributed by atoms with Crippen molar-refractivity contribution in [3.63, 3.8) is 0 Å². The third-order valence-corrected chi connectivity index (χ3v) is 2.72. The Kier molecular flexibility index (Phi) is 4.35. The largest absolute Gasteiger partial charge is 0.324 e. The van der Waals surface area contributed by atoms with Gasteiger partial charge in [-0.15, -0.1) is 11.8 Å². The second-order valence-electron chi connectivity index (χ2n) is 3.01. The molecule has 0 spiro atoms. The van der Waals surface area contributed by atoms with Crippen LogP contribution in [0.1, 0.15) is 18.0 Å². The van der Waals surface area contributed by atoms with E-state index in [1.807, 2.05) is 18.4 Å². The predicted octanol–water partition coefficient (Wildman–Crippen LogP) is 3.06. The van der Waals surface area contributed by atoms with Gasteiger partial charge in [0.05, 0.1) is 0 Å². The Morgan fingerprint density at radius 1 is 1.29 bits per heavy atom. The smallest absolute Gasteiger partial charge is 0.240 e. The Balaban J connectivity index is 2.66. The molecule has 0 radical (unpaired) electrons. The summed E-state index contributed by atoms with van der Waals surface area (Å²) in [5.74, 6) is 0. The second-order valence-corrected chi connectivity index (χ2v) is 3.89. The van der Waals surface area contributed by atoms with Crippen molar-refractivity contribution >= 4 is 11.8 Å². The summed E-state index contributed by atoms with van der Waals surface area (Å²) in [5.41, 5.74) is 6.37. The minimum Gasteiger partial charge on any atom is -0.324 e. The van der Waals surface area contributed by atoms with Crippen LogP contribution < -0.4 is 5.73 Å². The van der Waals surface area contributed by atoms with Gasteiger partial charge in [-0.25, -0.2) is 8.78 Å². The summed E-state index contributed by atoms with van der Waals surface area (Å²) in [6, 6.07) is 6.83.